The molecule has 0 spiro atoms. The highest BCUT2D eigenvalue weighted by molar-refractivity contribution is 7.89. The fraction of sp³-hybridized carbons (Fsp3) is 0.500. The van der Waals surface area contributed by atoms with E-state index in [9.17, 15) is 8.42 Å². The Bertz CT molecular complexity index is 1450. The molecule has 1 aromatic heterocycles. The van der Waals surface area contributed by atoms with E-state index < -0.39 is 16.1 Å². The molecule has 0 bridgehead atoms. The number of nitrogens with zero attached hydrogens (tertiary/aromatic N) is 6. The number of likely N-dealkylation sites (N-methyl/N-ethyl adjacent to an activating group) is 1. The maximum atomic E-state index is 14.0. The van der Waals surface area contributed by atoms with E-state index in [0.29, 0.717) is 22.9 Å². The Morgan fingerprint density at radius 1 is 0.977 bits per heavy atom. The summed E-state index contributed by atoms with van der Waals surface area (Å²) in [5, 5.41) is 0. The van der Waals surface area contributed by atoms with Gasteiger partial charge in [-0.15, -0.1) is 0 Å². The van der Waals surface area contributed by atoms with E-state index >= 15 is 0 Å². The first-order valence-corrected chi connectivity index (χ1v) is 16.4. The third kappa shape index (κ3) is 7.12. The lowest BCUT2D eigenvalue weighted by Gasteiger charge is -2.42. The molecule has 0 aliphatic carbocycles. The van der Waals surface area contributed by atoms with Crippen LogP contribution in [-0.2, 0) is 10.0 Å². The van der Waals surface area contributed by atoms with Crippen LogP contribution >= 0.6 is 0 Å². The van der Waals surface area contributed by atoms with Gasteiger partial charge in [-0.25, -0.2) is 13.4 Å². The average Bonchev–Trinajstić information content (AvgIpc) is 3.01. The Morgan fingerprint density at radius 2 is 1.63 bits per heavy atom. The third-order valence-electron chi connectivity index (χ3n) is 8.76. The maximum Gasteiger partial charge on any atom is 0.318 e. The number of methoxy groups -OCH3 is 1. The lowest BCUT2D eigenvalue weighted by Crippen LogP contribution is -2.53. The number of aryl methyl sites for hydroxylation is 2. The lowest BCUT2D eigenvalue weighted by atomic mass is 10.0. The molecule has 11 heteroatoms. The highest BCUT2D eigenvalue weighted by Gasteiger charge is 2.33. The van der Waals surface area contributed by atoms with Gasteiger partial charge in [-0.1, -0.05) is 30.3 Å². The SMILES string of the molecule is COc1cc(C)c(S(=O)(=O)N(C)C(COc2nccc(N3CCN(C4CCN(C)CC4)CC3)n2)c2ccccc2)c(C)c1. The van der Waals surface area contributed by atoms with E-state index in [4.69, 9.17) is 14.5 Å². The second kappa shape index (κ2) is 13.6. The van der Waals surface area contributed by atoms with Crippen LogP contribution in [0.4, 0.5) is 5.82 Å². The Morgan fingerprint density at radius 3 is 2.26 bits per heavy atom. The summed E-state index contributed by atoms with van der Waals surface area (Å²) in [6, 6.07) is 15.2. The Kier molecular flexibility index (Phi) is 9.85. The van der Waals surface area contributed by atoms with Crippen LogP contribution in [0.3, 0.4) is 0 Å². The number of hydrogen-bond acceptors (Lipinski definition) is 9. The standard InChI is InChI=1S/C32H44N6O4S/c1-24-21-28(41-5)22-25(2)31(24)43(39,40)36(4)29(26-9-7-6-8-10-26)23-42-32-33-14-11-30(34-32)38-19-17-37(18-20-38)27-12-15-35(3)16-13-27/h6-11,14,21-22,27,29H,12-13,15-20,23H2,1-5H3. The van der Waals surface area contributed by atoms with Crippen molar-refractivity contribution in [1.82, 2.24) is 24.1 Å². The van der Waals surface area contributed by atoms with E-state index in [1.807, 2.05) is 36.4 Å². The zero-order valence-electron chi connectivity index (χ0n) is 25.9. The van der Waals surface area contributed by atoms with Crippen LogP contribution in [-0.4, -0.2) is 106 Å². The normalized spacial score (nSPS) is 18.1. The van der Waals surface area contributed by atoms with Crippen molar-refractivity contribution in [2.45, 2.75) is 43.7 Å². The van der Waals surface area contributed by atoms with Crippen molar-refractivity contribution in [3.8, 4) is 11.8 Å². The molecule has 3 aromatic rings. The van der Waals surface area contributed by atoms with Crippen molar-refractivity contribution in [2.75, 3.05) is 72.0 Å². The number of sulfonamides is 1. The first kappa shape index (κ1) is 31.2. The fourth-order valence-electron chi connectivity index (χ4n) is 6.24. The van der Waals surface area contributed by atoms with E-state index in [2.05, 4.69) is 26.7 Å². The summed E-state index contributed by atoms with van der Waals surface area (Å²) in [5.41, 5.74) is 2.07. The first-order valence-electron chi connectivity index (χ1n) is 15.0. The summed E-state index contributed by atoms with van der Waals surface area (Å²) >= 11 is 0. The second-order valence-corrected chi connectivity index (χ2v) is 13.5. The van der Waals surface area contributed by atoms with Gasteiger partial charge in [-0.2, -0.15) is 9.29 Å². The van der Waals surface area contributed by atoms with Crippen molar-refractivity contribution in [3.63, 3.8) is 0 Å². The Balaban J connectivity index is 1.30. The Hall–Kier alpha value is -3.25. The summed E-state index contributed by atoms with van der Waals surface area (Å²) in [6.45, 7) is 9.78. The van der Waals surface area contributed by atoms with E-state index in [1.165, 1.54) is 17.1 Å². The zero-order valence-corrected chi connectivity index (χ0v) is 26.8. The smallest absolute Gasteiger partial charge is 0.318 e. The summed E-state index contributed by atoms with van der Waals surface area (Å²) < 4.78 is 40.9. The van der Waals surface area contributed by atoms with Crippen LogP contribution in [0.1, 0.15) is 35.6 Å². The van der Waals surface area contributed by atoms with Gasteiger partial charge in [0.25, 0.3) is 0 Å². The van der Waals surface area contributed by atoms with Crippen LogP contribution < -0.4 is 14.4 Å². The number of hydrogen-bond donors (Lipinski definition) is 0. The molecule has 2 fully saturated rings. The topological polar surface area (TPSA) is 91.3 Å². The van der Waals surface area contributed by atoms with Gasteiger partial charge < -0.3 is 19.3 Å². The van der Waals surface area contributed by atoms with Gasteiger partial charge in [0.15, 0.2) is 0 Å². The van der Waals surface area contributed by atoms with Gasteiger partial charge in [-0.3, -0.25) is 4.90 Å². The van der Waals surface area contributed by atoms with Crippen LogP contribution in [0.25, 0.3) is 0 Å². The summed E-state index contributed by atoms with van der Waals surface area (Å²) in [7, 11) is 1.49. The molecule has 43 heavy (non-hydrogen) atoms. The van der Waals surface area contributed by atoms with E-state index in [0.717, 1.165) is 50.6 Å². The van der Waals surface area contributed by atoms with E-state index in [1.54, 1.807) is 46.3 Å². The number of piperazine rings is 1. The summed E-state index contributed by atoms with van der Waals surface area (Å²) in [6.07, 6.45) is 4.17. The summed E-state index contributed by atoms with van der Waals surface area (Å²) in [5.74, 6) is 1.45. The number of piperidine rings is 1. The molecule has 3 heterocycles. The maximum absolute atomic E-state index is 14.0. The number of likely N-dealkylation sites (tertiary alicyclic amines) is 1. The highest BCUT2D eigenvalue weighted by atomic mass is 32.2. The highest BCUT2D eigenvalue weighted by Crippen LogP contribution is 2.32. The van der Waals surface area contributed by atoms with Crippen molar-refractivity contribution < 1.29 is 17.9 Å². The number of anilines is 1. The van der Waals surface area contributed by atoms with Gasteiger partial charge in [0.05, 0.1) is 18.0 Å². The van der Waals surface area contributed by atoms with Crippen LogP contribution in [0.15, 0.2) is 59.6 Å². The minimum Gasteiger partial charge on any atom is -0.497 e. The van der Waals surface area contributed by atoms with Crippen LogP contribution in [0, 0.1) is 13.8 Å². The molecule has 0 saturated carbocycles. The minimum absolute atomic E-state index is 0.0569. The molecule has 0 radical (unpaired) electrons. The predicted molar refractivity (Wildman–Crippen MR) is 168 cm³/mol. The molecule has 10 nitrogen and oxygen atoms in total. The fourth-order valence-corrected chi connectivity index (χ4v) is 7.98. The molecule has 0 N–H and O–H groups in total. The Labute approximate surface area is 256 Å². The van der Waals surface area contributed by atoms with Gasteiger partial charge >= 0.3 is 6.01 Å². The second-order valence-electron chi connectivity index (χ2n) is 11.6. The van der Waals surface area contributed by atoms with Crippen molar-refractivity contribution in [3.05, 3.63) is 71.4 Å². The molecule has 2 aliphatic rings. The van der Waals surface area contributed by atoms with Gasteiger partial charge in [0.2, 0.25) is 10.0 Å². The molecule has 2 saturated heterocycles. The average molecular weight is 609 g/mol. The number of ether oxygens (including phenoxy) is 2. The van der Waals surface area contributed by atoms with Crippen molar-refractivity contribution >= 4 is 15.8 Å². The quantitative estimate of drug-likeness (QED) is 0.341. The van der Waals surface area contributed by atoms with Crippen LogP contribution in [0.5, 0.6) is 11.8 Å². The molecule has 2 aliphatic heterocycles. The number of rotatable bonds is 10. The van der Waals surface area contributed by atoms with Crippen molar-refractivity contribution in [2.24, 2.45) is 0 Å². The molecule has 2 aromatic carbocycles. The molecule has 5 rings (SSSR count). The van der Waals surface area contributed by atoms with Gasteiger partial charge in [-0.05, 0) is 81.7 Å². The first-order chi connectivity index (χ1) is 20.7. The third-order valence-corrected chi connectivity index (χ3v) is 10.9. The minimum atomic E-state index is -3.88. The molecular formula is C32H44N6O4S. The van der Waals surface area contributed by atoms with Gasteiger partial charge in [0, 0.05) is 45.5 Å². The molecular weight excluding hydrogens is 564 g/mol. The van der Waals surface area contributed by atoms with Gasteiger partial charge in [0.1, 0.15) is 18.2 Å². The lowest BCUT2D eigenvalue weighted by molar-refractivity contribution is 0.115. The predicted octanol–water partition coefficient (Wildman–Crippen LogP) is 3.76. The molecule has 1 atom stereocenters. The number of aromatic nitrogens is 2. The molecule has 232 valence electrons. The number of benzene rings is 2. The van der Waals surface area contributed by atoms with E-state index in [-0.39, 0.29) is 17.5 Å². The largest absolute Gasteiger partial charge is 0.497 e. The van der Waals surface area contributed by atoms with Crippen molar-refractivity contribution in [1.29, 1.82) is 0 Å². The summed E-state index contributed by atoms with van der Waals surface area (Å²) in [4.78, 5) is 16.7. The van der Waals surface area contributed by atoms with Crippen LogP contribution in [0.2, 0.25) is 0 Å². The molecule has 1 unspecified atom stereocenters. The molecule has 0 amide bonds. The monoisotopic (exact) mass is 608 g/mol. The zero-order chi connectivity index (χ0) is 30.6.